The van der Waals surface area contributed by atoms with Crippen LogP contribution in [-0.2, 0) is 6.54 Å². The third-order valence-electron chi connectivity index (χ3n) is 5.64. The van der Waals surface area contributed by atoms with E-state index in [1.807, 2.05) is 20.0 Å². The SMILES string of the molecule is CCOc1ccc(CN2CCCCC2c2[nH]ncc2-c2onc(C)c2C)cc1. The molecule has 3 heterocycles. The number of H-pyrrole nitrogens is 1. The standard InChI is InChI=1S/C22H28N4O2/c1-4-27-18-10-8-17(9-11-18)14-26-12-6-5-7-20(26)21-19(13-23-24-21)22-15(2)16(3)25-28-22/h8-11,13,20H,4-7,12,14H2,1-3H3,(H,23,24). The molecule has 1 atom stereocenters. The van der Waals surface area contributed by atoms with E-state index in [-0.39, 0.29) is 0 Å². The Morgan fingerprint density at radius 3 is 2.75 bits per heavy atom. The van der Waals surface area contributed by atoms with Crippen LogP contribution in [0, 0.1) is 13.8 Å². The number of hydrogen-bond donors (Lipinski definition) is 1. The van der Waals surface area contributed by atoms with E-state index in [1.54, 1.807) is 0 Å². The highest BCUT2D eigenvalue weighted by Gasteiger charge is 2.29. The zero-order chi connectivity index (χ0) is 19.5. The third kappa shape index (κ3) is 3.69. The molecule has 1 aliphatic heterocycles. The minimum atomic E-state index is 0.294. The van der Waals surface area contributed by atoms with Crippen molar-refractivity contribution in [3.8, 4) is 17.1 Å². The highest BCUT2D eigenvalue weighted by atomic mass is 16.5. The highest BCUT2D eigenvalue weighted by Crippen LogP contribution is 2.37. The molecule has 2 aromatic heterocycles. The van der Waals surface area contributed by atoms with Gasteiger partial charge in [-0.25, -0.2) is 0 Å². The molecule has 1 N–H and O–H groups in total. The molecule has 0 spiro atoms. The van der Waals surface area contributed by atoms with Crippen LogP contribution in [0.1, 0.15) is 54.7 Å². The number of hydrogen-bond acceptors (Lipinski definition) is 5. The van der Waals surface area contributed by atoms with Crippen molar-refractivity contribution in [2.45, 2.75) is 52.6 Å². The van der Waals surface area contributed by atoms with Crippen LogP contribution in [0.15, 0.2) is 35.0 Å². The molecule has 6 heteroatoms. The van der Waals surface area contributed by atoms with Gasteiger partial charge in [-0.3, -0.25) is 10.00 Å². The van der Waals surface area contributed by atoms with Gasteiger partial charge in [0, 0.05) is 12.1 Å². The number of likely N-dealkylation sites (tertiary alicyclic amines) is 1. The lowest BCUT2D eigenvalue weighted by atomic mass is 9.95. The number of nitrogens with zero attached hydrogens (tertiary/aromatic N) is 3. The van der Waals surface area contributed by atoms with E-state index in [2.05, 4.69) is 51.4 Å². The first-order chi connectivity index (χ1) is 13.7. The Bertz CT molecular complexity index is 913. The number of rotatable bonds is 6. The van der Waals surface area contributed by atoms with Crippen LogP contribution < -0.4 is 4.74 Å². The summed E-state index contributed by atoms with van der Waals surface area (Å²) in [5, 5.41) is 11.7. The van der Waals surface area contributed by atoms with E-state index in [9.17, 15) is 0 Å². The predicted molar refractivity (Wildman–Crippen MR) is 108 cm³/mol. The lowest BCUT2D eigenvalue weighted by molar-refractivity contribution is 0.137. The molecule has 3 aromatic rings. The number of ether oxygens (including phenoxy) is 1. The average Bonchev–Trinajstić information content (AvgIpc) is 3.31. The fourth-order valence-electron chi connectivity index (χ4n) is 4.00. The molecule has 4 rings (SSSR count). The second-order valence-electron chi connectivity index (χ2n) is 7.48. The van der Waals surface area contributed by atoms with Gasteiger partial charge in [0.15, 0.2) is 5.76 Å². The first kappa shape index (κ1) is 18.7. The smallest absolute Gasteiger partial charge is 0.173 e. The molecule has 0 aliphatic carbocycles. The van der Waals surface area contributed by atoms with Gasteiger partial charge in [0.2, 0.25) is 0 Å². The van der Waals surface area contributed by atoms with Crippen molar-refractivity contribution < 1.29 is 9.26 Å². The zero-order valence-electron chi connectivity index (χ0n) is 16.9. The van der Waals surface area contributed by atoms with E-state index in [0.717, 1.165) is 53.5 Å². The Morgan fingerprint density at radius 1 is 1.21 bits per heavy atom. The predicted octanol–water partition coefficient (Wildman–Crippen LogP) is 4.81. The Labute approximate surface area is 165 Å². The average molecular weight is 380 g/mol. The Balaban J connectivity index is 1.58. The number of benzene rings is 1. The second-order valence-corrected chi connectivity index (χ2v) is 7.48. The topological polar surface area (TPSA) is 67.2 Å². The van der Waals surface area contributed by atoms with Gasteiger partial charge in [-0.1, -0.05) is 23.7 Å². The summed E-state index contributed by atoms with van der Waals surface area (Å²) in [6, 6.07) is 8.73. The van der Waals surface area contributed by atoms with Crippen molar-refractivity contribution in [2.75, 3.05) is 13.2 Å². The Kier molecular flexibility index (Phi) is 5.48. The quantitative estimate of drug-likeness (QED) is 0.665. The van der Waals surface area contributed by atoms with Crippen molar-refractivity contribution in [3.05, 3.63) is 53.0 Å². The summed E-state index contributed by atoms with van der Waals surface area (Å²) in [5.74, 6) is 1.75. The zero-order valence-corrected chi connectivity index (χ0v) is 16.9. The Morgan fingerprint density at radius 2 is 2.04 bits per heavy atom. The molecule has 6 nitrogen and oxygen atoms in total. The summed E-state index contributed by atoms with van der Waals surface area (Å²) in [6.07, 6.45) is 5.42. The summed E-state index contributed by atoms with van der Waals surface area (Å²) in [5.41, 5.74) is 5.46. The molecule has 0 bridgehead atoms. The number of aromatic nitrogens is 3. The number of aromatic amines is 1. The first-order valence-corrected chi connectivity index (χ1v) is 10.1. The molecule has 1 saturated heterocycles. The van der Waals surface area contributed by atoms with Crippen LogP contribution in [0.3, 0.4) is 0 Å². The molecule has 1 fully saturated rings. The van der Waals surface area contributed by atoms with Gasteiger partial charge in [-0.15, -0.1) is 0 Å². The van der Waals surface area contributed by atoms with E-state index < -0.39 is 0 Å². The molecule has 1 unspecified atom stereocenters. The van der Waals surface area contributed by atoms with Crippen LogP contribution in [0.4, 0.5) is 0 Å². The van der Waals surface area contributed by atoms with Crippen molar-refractivity contribution in [1.29, 1.82) is 0 Å². The van der Waals surface area contributed by atoms with Crippen LogP contribution in [-0.4, -0.2) is 33.4 Å². The first-order valence-electron chi connectivity index (χ1n) is 10.1. The maximum absolute atomic E-state index is 5.62. The van der Waals surface area contributed by atoms with Gasteiger partial charge < -0.3 is 9.26 Å². The van der Waals surface area contributed by atoms with Gasteiger partial charge in [-0.05, 0) is 57.9 Å². The molecular formula is C22H28N4O2. The fourth-order valence-corrected chi connectivity index (χ4v) is 4.00. The van der Waals surface area contributed by atoms with Crippen molar-refractivity contribution in [1.82, 2.24) is 20.3 Å². The van der Waals surface area contributed by atoms with Gasteiger partial charge in [0.25, 0.3) is 0 Å². The van der Waals surface area contributed by atoms with E-state index in [1.165, 1.54) is 18.4 Å². The normalized spacial score (nSPS) is 17.8. The number of aryl methyl sites for hydroxylation is 1. The van der Waals surface area contributed by atoms with Gasteiger partial charge in [-0.2, -0.15) is 5.10 Å². The Hall–Kier alpha value is -2.60. The number of nitrogens with one attached hydrogen (secondary N) is 1. The maximum Gasteiger partial charge on any atom is 0.173 e. The largest absolute Gasteiger partial charge is 0.494 e. The van der Waals surface area contributed by atoms with Crippen LogP contribution >= 0.6 is 0 Å². The summed E-state index contributed by atoms with van der Waals surface area (Å²) < 4.78 is 11.2. The summed E-state index contributed by atoms with van der Waals surface area (Å²) in [6.45, 7) is 8.70. The summed E-state index contributed by atoms with van der Waals surface area (Å²) in [7, 11) is 0. The van der Waals surface area contributed by atoms with Gasteiger partial charge in [0.05, 0.1) is 35.8 Å². The molecule has 0 saturated carbocycles. The lowest BCUT2D eigenvalue weighted by Gasteiger charge is -2.35. The fraction of sp³-hybridized carbons (Fsp3) is 0.455. The third-order valence-corrected chi connectivity index (χ3v) is 5.64. The van der Waals surface area contributed by atoms with Crippen molar-refractivity contribution >= 4 is 0 Å². The second kappa shape index (κ2) is 8.19. The van der Waals surface area contributed by atoms with E-state index in [0.29, 0.717) is 12.6 Å². The number of piperidine rings is 1. The molecule has 28 heavy (non-hydrogen) atoms. The van der Waals surface area contributed by atoms with Gasteiger partial charge >= 0.3 is 0 Å². The van der Waals surface area contributed by atoms with Crippen LogP contribution in [0.25, 0.3) is 11.3 Å². The minimum Gasteiger partial charge on any atom is -0.494 e. The van der Waals surface area contributed by atoms with Gasteiger partial charge in [0.1, 0.15) is 5.75 Å². The summed E-state index contributed by atoms with van der Waals surface area (Å²) in [4.78, 5) is 2.54. The molecule has 148 valence electrons. The molecule has 1 aromatic carbocycles. The van der Waals surface area contributed by atoms with Crippen molar-refractivity contribution in [3.63, 3.8) is 0 Å². The molecule has 1 aliphatic rings. The van der Waals surface area contributed by atoms with E-state index >= 15 is 0 Å². The molecular weight excluding hydrogens is 352 g/mol. The van der Waals surface area contributed by atoms with Crippen LogP contribution in [0.2, 0.25) is 0 Å². The maximum atomic E-state index is 5.62. The van der Waals surface area contributed by atoms with E-state index in [4.69, 9.17) is 9.26 Å². The van der Waals surface area contributed by atoms with Crippen molar-refractivity contribution in [2.24, 2.45) is 0 Å². The molecule has 0 amide bonds. The van der Waals surface area contributed by atoms with Crippen LogP contribution in [0.5, 0.6) is 5.75 Å². The monoisotopic (exact) mass is 380 g/mol. The highest BCUT2D eigenvalue weighted by molar-refractivity contribution is 5.64. The lowest BCUT2D eigenvalue weighted by Crippen LogP contribution is -2.33. The minimum absolute atomic E-state index is 0.294. The molecule has 0 radical (unpaired) electrons. The summed E-state index contributed by atoms with van der Waals surface area (Å²) >= 11 is 0.